The molecule has 6 heteroatoms. The van der Waals surface area contributed by atoms with Crippen molar-refractivity contribution in [3.8, 4) is 0 Å². The molecule has 2 aliphatic heterocycles. The molecule has 0 aliphatic carbocycles. The van der Waals surface area contributed by atoms with Gasteiger partial charge in [0, 0.05) is 38.6 Å². The van der Waals surface area contributed by atoms with Crippen molar-refractivity contribution in [2.45, 2.75) is 45.2 Å². The molecule has 2 aliphatic rings. The van der Waals surface area contributed by atoms with E-state index in [4.69, 9.17) is 4.74 Å². The zero-order valence-electron chi connectivity index (χ0n) is 12.6. The van der Waals surface area contributed by atoms with E-state index < -0.39 is 5.54 Å². The lowest BCUT2D eigenvalue weighted by Gasteiger charge is -2.30. The average Bonchev–Trinajstić information content (AvgIpc) is 2.62. The summed E-state index contributed by atoms with van der Waals surface area (Å²) in [5.74, 6) is 0.157. The number of urea groups is 1. The molecule has 2 N–H and O–H groups in total. The third-order valence-corrected chi connectivity index (χ3v) is 3.96. The van der Waals surface area contributed by atoms with Crippen LogP contribution in [-0.2, 0) is 9.53 Å². The highest BCUT2D eigenvalue weighted by Gasteiger charge is 2.51. The molecular weight excluding hydrogens is 258 g/mol. The largest absolute Gasteiger partial charge is 0.381 e. The molecule has 1 unspecified atom stereocenters. The molecule has 20 heavy (non-hydrogen) atoms. The maximum atomic E-state index is 12.5. The molecule has 2 saturated heterocycles. The Kier molecular flexibility index (Phi) is 4.65. The van der Waals surface area contributed by atoms with Crippen molar-refractivity contribution in [3.63, 3.8) is 0 Å². The first-order valence-electron chi connectivity index (χ1n) is 7.40. The van der Waals surface area contributed by atoms with E-state index in [2.05, 4.69) is 24.5 Å². The lowest BCUT2D eigenvalue weighted by atomic mass is 9.90. The van der Waals surface area contributed by atoms with E-state index in [1.807, 2.05) is 6.92 Å². The van der Waals surface area contributed by atoms with Crippen LogP contribution in [0.25, 0.3) is 0 Å². The summed E-state index contributed by atoms with van der Waals surface area (Å²) in [5.41, 5.74) is -0.708. The van der Waals surface area contributed by atoms with Gasteiger partial charge in [0.25, 0.3) is 5.91 Å². The van der Waals surface area contributed by atoms with Crippen LogP contribution >= 0.6 is 0 Å². The number of amides is 3. The SMILES string of the molecule is CC(CNC(C)C)CN1C(=O)NC2(CCOCC2)C1=O. The summed E-state index contributed by atoms with van der Waals surface area (Å²) in [4.78, 5) is 26.0. The van der Waals surface area contributed by atoms with Gasteiger partial charge in [-0.15, -0.1) is 0 Å². The van der Waals surface area contributed by atoms with Crippen LogP contribution in [0.2, 0.25) is 0 Å². The van der Waals surface area contributed by atoms with Gasteiger partial charge in [0.05, 0.1) is 0 Å². The van der Waals surface area contributed by atoms with Gasteiger partial charge in [-0.25, -0.2) is 4.79 Å². The molecule has 0 aromatic heterocycles. The molecule has 1 spiro atoms. The molecule has 1 atom stereocenters. The molecule has 0 aromatic rings. The number of imide groups is 1. The fourth-order valence-corrected chi connectivity index (χ4v) is 2.71. The predicted octanol–water partition coefficient (Wildman–Crippen LogP) is 0.722. The predicted molar refractivity (Wildman–Crippen MR) is 75.3 cm³/mol. The first-order valence-corrected chi connectivity index (χ1v) is 7.40. The Balaban J connectivity index is 1.95. The van der Waals surface area contributed by atoms with Crippen molar-refractivity contribution in [1.82, 2.24) is 15.5 Å². The van der Waals surface area contributed by atoms with Crippen molar-refractivity contribution in [3.05, 3.63) is 0 Å². The maximum Gasteiger partial charge on any atom is 0.325 e. The zero-order chi connectivity index (χ0) is 14.8. The molecule has 0 radical (unpaired) electrons. The summed E-state index contributed by atoms with van der Waals surface area (Å²) < 4.78 is 5.29. The van der Waals surface area contributed by atoms with Crippen LogP contribution in [0, 0.1) is 5.92 Å². The molecule has 0 aromatic carbocycles. The van der Waals surface area contributed by atoms with Gasteiger partial charge < -0.3 is 15.4 Å². The van der Waals surface area contributed by atoms with E-state index in [0.717, 1.165) is 6.54 Å². The normalized spacial score (nSPS) is 23.5. The lowest BCUT2D eigenvalue weighted by Crippen LogP contribution is -2.51. The van der Waals surface area contributed by atoms with Gasteiger partial charge in [0.15, 0.2) is 0 Å². The Bertz CT molecular complexity index is 378. The highest BCUT2D eigenvalue weighted by molar-refractivity contribution is 6.07. The first kappa shape index (κ1) is 15.3. The Labute approximate surface area is 120 Å². The van der Waals surface area contributed by atoms with Crippen molar-refractivity contribution < 1.29 is 14.3 Å². The van der Waals surface area contributed by atoms with Crippen LogP contribution in [0.4, 0.5) is 4.79 Å². The number of hydrogen-bond acceptors (Lipinski definition) is 4. The third kappa shape index (κ3) is 3.12. The topological polar surface area (TPSA) is 70.7 Å². The number of carbonyl (C=O) groups is 2. The van der Waals surface area contributed by atoms with Crippen molar-refractivity contribution >= 4 is 11.9 Å². The Morgan fingerprint density at radius 1 is 1.30 bits per heavy atom. The van der Waals surface area contributed by atoms with Gasteiger partial charge in [0.1, 0.15) is 5.54 Å². The minimum absolute atomic E-state index is 0.0813. The molecular formula is C14H25N3O3. The number of nitrogens with one attached hydrogen (secondary N) is 2. The standard InChI is InChI=1S/C14H25N3O3/c1-10(2)15-8-11(3)9-17-12(18)14(16-13(17)19)4-6-20-7-5-14/h10-11,15H,4-9H2,1-3H3,(H,16,19). The van der Waals surface area contributed by atoms with E-state index in [1.54, 1.807) is 0 Å². The van der Waals surface area contributed by atoms with Crippen molar-refractivity contribution in [2.75, 3.05) is 26.3 Å². The maximum absolute atomic E-state index is 12.5. The van der Waals surface area contributed by atoms with Crippen LogP contribution in [0.5, 0.6) is 0 Å². The third-order valence-electron chi connectivity index (χ3n) is 3.96. The average molecular weight is 283 g/mol. The van der Waals surface area contributed by atoms with Gasteiger partial charge in [-0.1, -0.05) is 20.8 Å². The summed E-state index contributed by atoms with van der Waals surface area (Å²) in [5, 5.41) is 6.21. The second-order valence-electron chi connectivity index (χ2n) is 6.21. The van der Waals surface area contributed by atoms with E-state index >= 15 is 0 Å². The van der Waals surface area contributed by atoms with E-state index in [1.165, 1.54) is 4.90 Å². The molecule has 2 fully saturated rings. The zero-order valence-corrected chi connectivity index (χ0v) is 12.6. The number of rotatable bonds is 5. The van der Waals surface area contributed by atoms with Crippen LogP contribution in [0.15, 0.2) is 0 Å². The molecule has 6 nitrogen and oxygen atoms in total. The summed E-state index contributed by atoms with van der Waals surface area (Å²) in [6.45, 7) is 8.53. The number of carbonyl (C=O) groups excluding carboxylic acids is 2. The Hall–Kier alpha value is -1.14. The molecule has 2 heterocycles. The molecule has 0 bridgehead atoms. The van der Waals surface area contributed by atoms with Crippen molar-refractivity contribution in [1.29, 1.82) is 0 Å². The van der Waals surface area contributed by atoms with Crippen LogP contribution in [-0.4, -0.2) is 54.7 Å². The van der Waals surface area contributed by atoms with Gasteiger partial charge in [-0.3, -0.25) is 9.69 Å². The van der Waals surface area contributed by atoms with Gasteiger partial charge >= 0.3 is 6.03 Å². The van der Waals surface area contributed by atoms with Crippen LogP contribution < -0.4 is 10.6 Å². The Morgan fingerprint density at radius 3 is 2.55 bits per heavy atom. The van der Waals surface area contributed by atoms with Crippen LogP contribution in [0.3, 0.4) is 0 Å². The van der Waals surface area contributed by atoms with Gasteiger partial charge in [-0.05, 0) is 12.5 Å². The van der Waals surface area contributed by atoms with E-state index in [0.29, 0.717) is 38.6 Å². The minimum Gasteiger partial charge on any atom is -0.381 e. The lowest BCUT2D eigenvalue weighted by molar-refractivity contribution is -0.134. The fourth-order valence-electron chi connectivity index (χ4n) is 2.71. The molecule has 114 valence electrons. The highest BCUT2D eigenvalue weighted by Crippen LogP contribution is 2.28. The molecule has 0 saturated carbocycles. The van der Waals surface area contributed by atoms with Gasteiger partial charge in [0.2, 0.25) is 0 Å². The first-order chi connectivity index (χ1) is 9.44. The number of ether oxygens (including phenoxy) is 1. The second kappa shape index (κ2) is 6.10. The summed E-state index contributed by atoms with van der Waals surface area (Å²) >= 11 is 0. The Morgan fingerprint density at radius 2 is 1.95 bits per heavy atom. The van der Waals surface area contributed by atoms with Gasteiger partial charge in [-0.2, -0.15) is 0 Å². The van der Waals surface area contributed by atoms with E-state index in [-0.39, 0.29) is 17.9 Å². The summed E-state index contributed by atoms with van der Waals surface area (Å²) in [6.07, 6.45) is 1.15. The number of nitrogens with zero attached hydrogens (tertiary/aromatic N) is 1. The molecule has 2 rings (SSSR count). The van der Waals surface area contributed by atoms with E-state index in [9.17, 15) is 9.59 Å². The summed E-state index contributed by atoms with van der Waals surface area (Å²) in [6, 6.07) is 0.149. The minimum atomic E-state index is -0.708. The monoisotopic (exact) mass is 283 g/mol. The van der Waals surface area contributed by atoms with Crippen molar-refractivity contribution in [2.24, 2.45) is 5.92 Å². The highest BCUT2D eigenvalue weighted by atomic mass is 16.5. The second-order valence-corrected chi connectivity index (χ2v) is 6.21. The molecule has 3 amide bonds. The fraction of sp³-hybridized carbons (Fsp3) is 0.857. The smallest absolute Gasteiger partial charge is 0.325 e. The number of hydrogen-bond donors (Lipinski definition) is 2. The quantitative estimate of drug-likeness (QED) is 0.730. The summed E-state index contributed by atoms with van der Waals surface area (Å²) in [7, 11) is 0. The van der Waals surface area contributed by atoms with Crippen LogP contribution in [0.1, 0.15) is 33.6 Å².